The van der Waals surface area contributed by atoms with Crippen LogP contribution in [0.5, 0.6) is 0 Å². The van der Waals surface area contributed by atoms with E-state index in [0.29, 0.717) is 0 Å². The minimum Gasteiger partial charge on any atom is -0.493 e. The molecular formula is C5H11NO5S. The van der Waals surface area contributed by atoms with Gasteiger partial charge in [-0.3, -0.25) is 0 Å². The Morgan fingerprint density at radius 1 is 1.25 bits per heavy atom. The summed E-state index contributed by atoms with van der Waals surface area (Å²) >= 11 is 0. The molecule has 0 unspecified atom stereocenters. The number of rotatable bonds is 3. The van der Waals surface area contributed by atoms with Crippen LogP contribution in [-0.4, -0.2) is 29.8 Å². The van der Waals surface area contributed by atoms with Crippen LogP contribution in [0.15, 0.2) is 11.0 Å². The van der Waals surface area contributed by atoms with Crippen molar-refractivity contribution >= 4 is 10.0 Å². The highest BCUT2D eigenvalue weighted by Gasteiger charge is 2.22. The van der Waals surface area contributed by atoms with E-state index >= 15 is 0 Å². The summed E-state index contributed by atoms with van der Waals surface area (Å²) in [4.78, 5) is 0. The molecule has 0 aliphatic rings. The first-order valence-corrected chi connectivity index (χ1v) is 4.59. The molecule has 0 bridgehead atoms. The molecule has 0 fully saturated rings. The number of sulfonamides is 1. The fraction of sp³-hybridized carbons (Fsp3) is 0.600. The van der Waals surface area contributed by atoms with Gasteiger partial charge in [0.05, 0.1) is 0 Å². The maximum absolute atomic E-state index is 10.8. The Bertz CT molecular complexity index is 274. The van der Waals surface area contributed by atoms with E-state index in [1.54, 1.807) is 0 Å². The predicted octanol–water partition coefficient (Wildman–Crippen LogP) is 0.115. The fourth-order valence-corrected chi connectivity index (χ4v) is 1.46. The van der Waals surface area contributed by atoms with Crippen LogP contribution < -0.4 is 4.72 Å². The van der Waals surface area contributed by atoms with Gasteiger partial charge in [-0.05, 0) is 13.8 Å². The van der Waals surface area contributed by atoms with Gasteiger partial charge in [0.2, 0.25) is 0 Å². The van der Waals surface area contributed by atoms with Crippen LogP contribution in [0.4, 0.5) is 0 Å². The summed E-state index contributed by atoms with van der Waals surface area (Å²) in [5.74, 6) is -1.62. The summed E-state index contributed by atoms with van der Waals surface area (Å²) in [5, 5.41) is 23.6. The molecule has 0 amide bonds. The maximum Gasteiger partial charge on any atom is 0.332 e. The Labute approximate surface area is 70.2 Å². The standard InChI is InChI=1S/C5H11NO5S/c1-3(2)6-12(10,11)5(9)4(7)8/h3,6-9H,1-2H3. The SMILES string of the molecule is CC(C)NS(=O)(=O)C(O)=C(O)O. The first kappa shape index (κ1) is 11.1. The third-order valence-electron chi connectivity index (χ3n) is 0.837. The minimum atomic E-state index is -4.17. The van der Waals surface area contributed by atoms with Gasteiger partial charge in [-0.1, -0.05) is 0 Å². The molecule has 0 aromatic heterocycles. The topological polar surface area (TPSA) is 107 Å². The second-order valence-corrected chi connectivity index (χ2v) is 4.03. The molecule has 0 aliphatic heterocycles. The lowest BCUT2D eigenvalue weighted by Gasteiger charge is -2.07. The van der Waals surface area contributed by atoms with Crippen molar-refractivity contribution in [2.45, 2.75) is 19.9 Å². The van der Waals surface area contributed by atoms with Crippen LogP contribution in [0, 0.1) is 0 Å². The number of aliphatic hydroxyl groups excluding tert-OH is 2. The molecule has 72 valence electrons. The molecule has 0 spiro atoms. The zero-order valence-electron chi connectivity index (χ0n) is 6.64. The van der Waals surface area contributed by atoms with E-state index in [1.807, 2.05) is 4.72 Å². The lowest BCUT2D eigenvalue weighted by Crippen LogP contribution is -2.31. The smallest absolute Gasteiger partial charge is 0.332 e. The van der Waals surface area contributed by atoms with Crippen molar-refractivity contribution in [3.8, 4) is 0 Å². The molecule has 0 aromatic carbocycles. The van der Waals surface area contributed by atoms with Crippen LogP contribution in [0.3, 0.4) is 0 Å². The molecule has 0 atom stereocenters. The summed E-state index contributed by atoms with van der Waals surface area (Å²) < 4.78 is 23.6. The summed E-state index contributed by atoms with van der Waals surface area (Å²) in [5.41, 5.74) is 0. The minimum absolute atomic E-state index is 0.434. The summed E-state index contributed by atoms with van der Waals surface area (Å²) in [6, 6.07) is -0.434. The molecule has 0 radical (unpaired) electrons. The molecule has 12 heavy (non-hydrogen) atoms. The van der Waals surface area contributed by atoms with Crippen molar-refractivity contribution in [2.24, 2.45) is 0 Å². The van der Waals surface area contributed by atoms with Gasteiger partial charge in [0, 0.05) is 6.04 Å². The van der Waals surface area contributed by atoms with Gasteiger partial charge in [0.25, 0.3) is 10.0 Å². The van der Waals surface area contributed by atoms with Gasteiger partial charge in [-0.25, -0.2) is 13.1 Å². The van der Waals surface area contributed by atoms with Gasteiger partial charge < -0.3 is 15.3 Å². The molecular weight excluding hydrogens is 186 g/mol. The first-order chi connectivity index (χ1) is 5.27. The zero-order valence-corrected chi connectivity index (χ0v) is 7.46. The number of hydrogen-bond acceptors (Lipinski definition) is 5. The average molecular weight is 197 g/mol. The van der Waals surface area contributed by atoms with Crippen molar-refractivity contribution in [1.29, 1.82) is 0 Å². The number of aliphatic hydroxyl groups is 3. The van der Waals surface area contributed by atoms with E-state index in [1.165, 1.54) is 13.8 Å². The largest absolute Gasteiger partial charge is 0.493 e. The van der Waals surface area contributed by atoms with E-state index in [4.69, 9.17) is 15.3 Å². The molecule has 0 saturated heterocycles. The lowest BCUT2D eigenvalue weighted by atomic mass is 10.4. The average Bonchev–Trinajstić information content (AvgIpc) is 1.82. The predicted molar refractivity (Wildman–Crippen MR) is 42.1 cm³/mol. The third-order valence-corrected chi connectivity index (χ3v) is 2.31. The second-order valence-electron chi connectivity index (χ2n) is 2.40. The van der Waals surface area contributed by atoms with Crippen molar-refractivity contribution in [2.75, 3.05) is 0 Å². The fourth-order valence-electron chi connectivity index (χ4n) is 0.486. The molecule has 0 heterocycles. The third kappa shape index (κ3) is 2.97. The highest BCUT2D eigenvalue weighted by atomic mass is 32.2. The van der Waals surface area contributed by atoms with Crippen LogP contribution in [0.1, 0.15) is 13.8 Å². The van der Waals surface area contributed by atoms with Gasteiger partial charge in [0.15, 0.2) is 0 Å². The quantitative estimate of drug-likeness (QED) is 0.480. The van der Waals surface area contributed by atoms with Gasteiger partial charge >= 0.3 is 11.0 Å². The van der Waals surface area contributed by atoms with Crippen molar-refractivity contribution in [1.82, 2.24) is 4.72 Å². The molecule has 0 aromatic rings. The highest BCUT2D eigenvalue weighted by molar-refractivity contribution is 7.93. The van der Waals surface area contributed by atoms with Crippen LogP contribution >= 0.6 is 0 Å². The van der Waals surface area contributed by atoms with E-state index in [0.717, 1.165) is 0 Å². The molecule has 0 rings (SSSR count). The van der Waals surface area contributed by atoms with Gasteiger partial charge in [-0.15, -0.1) is 0 Å². The lowest BCUT2D eigenvalue weighted by molar-refractivity contribution is 0.167. The summed E-state index contributed by atoms with van der Waals surface area (Å²) in [6.45, 7) is 3.05. The molecule has 4 N–H and O–H groups in total. The van der Waals surface area contributed by atoms with Crippen LogP contribution in [-0.2, 0) is 10.0 Å². The maximum atomic E-state index is 10.8. The van der Waals surface area contributed by atoms with Gasteiger partial charge in [-0.2, -0.15) is 0 Å². The van der Waals surface area contributed by atoms with Crippen LogP contribution in [0.25, 0.3) is 0 Å². The van der Waals surface area contributed by atoms with E-state index in [-0.39, 0.29) is 0 Å². The Balaban J connectivity index is 4.78. The Morgan fingerprint density at radius 3 is 1.92 bits per heavy atom. The van der Waals surface area contributed by atoms with E-state index in [2.05, 4.69) is 0 Å². The molecule has 6 nitrogen and oxygen atoms in total. The van der Waals surface area contributed by atoms with Crippen molar-refractivity contribution < 1.29 is 23.7 Å². The van der Waals surface area contributed by atoms with E-state index < -0.39 is 27.1 Å². The van der Waals surface area contributed by atoms with Crippen molar-refractivity contribution in [3.63, 3.8) is 0 Å². The number of hydrogen-bond donors (Lipinski definition) is 4. The Hall–Kier alpha value is -0.950. The summed E-state index contributed by atoms with van der Waals surface area (Å²) in [6.07, 6.45) is 0. The first-order valence-electron chi connectivity index (χ1n) is 3.11. The Kier molecular flexibility index (Phi) is 3.35. The summed E-state index contributed by atoms with van der Waals surface area (Å²) in [7, 11) is -4.17. The Morgan fingerprint density at radius 2 is 1.67 bits per heavy atom. The monoisotopic (exact) mass is 197 g/mol. The van der Waals surface area contributed by atoms with Crippen LogP contribution in [0.2, 0.25) is 0 Å². The molecule has 0 aliphatic carbocycles. The second kappa shape index (κ2) is 3.63. The van der Waals surface area contributed by atoms with E-state index in [9.17, 15) is 8.42 Å². The molecule has 0 saturated carbocycles. The van der Waals surface area contributed by atoms with Gasteiger partial charge in [0.1, 0.15) is 0 Å². The number of nitrogens with one attached hydrogen (secondary N) is 1. The van der Waals surface area contributed by atoms with Crippen molar-refractivity contribution in [3.05, 3.63) is 11.0 Å². The molecule has 7 heteroatoms. The highest BCUT2D eigenvalue weighted by Crippen LogP contribution is 2.03. The zero-order chi connectivity index (χ0) is 9.94. The normalized spacial score (nSPS) is 11.6.